The quantitative estimate of drug-likeness (QED) is 0.649. The molecule has 1 aliphatic rings. The van der Waals surface area contributed by atoms with Crippen LogP contribution in [0, 0.1) is 0 Å². The maximum absolute atomic E-state index is 12.3. The number of piperidine rings is 1. The molecule has 0 aliphatic carbocycles. The van der Waals surface area contributed by atoms with Crippen molar-refractivity contribution in [1.29, 1.82) is 0 Å². The molecule has 152 valence electrons. The van der Waals surface area contributed by atoms with Crippen molar-refractivity contribution in [2.24, 2.45) is 0 Å². The van der Waals surface area contributed by atoms with Gasteiger partial charge in [-0.15, -0.1) is 11.3 Å². The van der Waals surface area contributed by atoms with E-state index in [1.807, 2.05) is 30.5 Å². The van der Waals surface area contributed by atoms with Gasteiger partial charge in [-0.25, -0.2) is 9.97 Å². The lowest BCUT2D eigenvalue weighted by atomic mass is 10.0. The summed E-state index contributed by atoms with van der Waals surface area (Å²) >= 11 is 1.52. The Morgan fingerprint density at radius 2 is 2.21 bits per heavy atom. The fourth-order valence-electron chi connectivity index (χ4n) is 3.68. The van der Waals surface area contributed by atoms with E-state index in [2.05, 4.69) is 32.1 Å². The number of likely N-dealkylation sites (tertiary alicyclic amines) is 1. The molecule has 0 bridgehead atoms. The van der Waals surface area contributed by atoms with Gasteiger partial charge in [0, 0.05) is 36.5 Å². The van der Waals surface area contributed by atoms with Crippen LogP contribution in [0.3, 0.4) is 0 Å². The molecular formula is C21H25N5O2S. The van der Waals surface area contributed by atoms with Crippen molar-refractivity contribution in [1.82, 2.24) is 19.9 Å². The Morgan fingerprint density at radius 1 is 1.34 bits per heavy atom. The first-order chi connectivity index (χ1) is 14.1. The van der Waals surface area contributed by atoms with Crippen LogP contribution >= 0.6 is 11.3 Å². The van der Waals surface area contributed by atoms with E-state index in [0.29, 0.717) is 22.4 Å². The molecule has 8 heteroatoms. The van der Waals surface area contributed by atoms with Crippen molar-refractivity contribution >= 4 is 33.4 Å². The van der Waals surface area contributed by atoms with Gasteiger partial charge in [0.25, 0.3) is 5.56 Å². The molecule has 4 rings (SSSR count). The number of rotatable bonds is 6. The summed E-state index contributed by atoms with van der Waals surface area (Å²) in [5.74, 6) is -0.161. The van der Waals surface area contributed by atoms with Crippen LogP contribution in [0.15, 0.2) is 35.3 Å². The molecule has 2 N–H and O–H groups in total. The second-order valence-electron chi connectivity index (χ2n) is 7.52. The normalized spacial score (nSPS) is 17.5. The van der Waals surface area contributed by atoms with Gasteiger partial charge in [0.05, 0.1) is 11.0 Å². The predicted molar refractivity (Wildman–Crippen MR) is 115 cm³/mol. The number of nitrogens with one attached hydrogen (secondary N) is 2. The maximum Gasteiger partial charge on any atom is 0.270 e. The summed E-state index contributed by atoms with van der Waals surface area (Å²) in [6, 6.07) is 7.97. The molecular weight excluding hydrogens is 386 g/mol. The summed E-state index contributed by atoms with van der Waals surface area (Å²) in [7, 11) is 0. The number of aromatic nitrogens is 3. The molecule has 1 fully saturated rings. The van der Waals surface area contributed by atoms with Gasteiger partial charge >= 0.3 is 0 Å². The third kappa shape index (κ3) is 4.89. The molecule has 29 heavy (non-hydrogen) atoms. The van der Waals surface area contributed by atoms with E-state index in [0.717, 1.165) is 23.5 Å². The Bertz CT molecular complexity index is 1060. The standard InChI is InChI=1S/C21H25N5O2S/c1-14-6-4-5-11-26(14)13-15-12-22-21(29-15)25-19(27)10-9-18-20(28)24-17-8-3-2-7-16(17)23-18/h2-3,7-8,12,14H,4-6,9-11,13H2,1H3,(H,24,28)(H,22,25,27). The van der Waals surface area contributed by atoms with E-state index in [-0.39, 0.29) is 24.3 Å². The molecule has 3 aromatic rings. The van der Waals surface area contributed by atoms with E-state index in [4.69, 9.17) is 0 Å². The number of hydrogen-bond acceptors (Lipinski definition) is 6. The lowest BCUT2D eigenvalue weighted by molar-refractivity contribution is -0.116. The first-order valence-corrected chi connectivity index (χ1v) is 10.9. The average molecular weight is 412 g/mol. The number of thiazole rings is 1. The Labute approximate surface area is 173 Å². The minimum atomic E-state index is -0.247. The van der Waals surface area contributed by atoms with Crippen molar-refractivity contribution in [3.63, 3.8) is 0 Å². The number of hydrogen-bond donors (Lipinski definition) is 2. The third-order valence-electron chi connectivity index (χ3n) is 5.36. The minimum absolute atomic E-state index is 0.161. The number of anilines is 1. The Morgan fingerprint density at radius 3 is 3.07 bits per heavy atom. The molecule has 1 aromatic carbocycles. The summed E-state index contributed by atoms with van der Waals surface area (Å²) in [5, 5.41) is 3.45. The fraction of sp³-hybridized carbons (Fsp3) is 0.429. The molecule has 1 aliphatic heterocycles. The van der Waals surface area contributed by atoms with Crippen LogP contribution in [0.5, 0.6) is 0 Å². The minimum Gasteiger partial charge on any atom is -0.319 e. The van der Waals surface area contributed by atoms with E-state index in [1.165, 1.54) is 30.6 Å². The van der Waals surface area contributed by atoms with Crippen LogP contribution < -0.4 is 10.9 Å². The molecule has 0 radical (unpaired) electrons. The van der Waals surface area contributed by atoms with Crippen molar-refractivity contribution < 1.29 is 4.79 Å². The largest absolute Gasteiger partial charge is 0.319 e. The number of H-pyrrole nitrogens is 1. The van der Waals surface area contributed by atoms with Crippen molar-refractivity contribution in [3.8, 4) is 0 Å². The summed E-state index contributed by atoms with van der Waals surface area (Å²) in [6.07, 6.45) is 6.11. The SMILES string of the molecule is CC1CCCCN1Cc1cnc(NC(=O)CCc2nc3ccccc3[nH]c2=O)s1. The lowest BCUT2D eigenvalue weighted by Crippen LogP contribution is -2.36. The Balaban J connectivity index is 1.33. The second kappa shape index (κ2) is 8.84. The Kier molecular flexibility index (Phi) is 6.01. The topological polar surface area (TPSA) is 91.0 Å². The van der Waals surface area contributed by atoms with Gasteiger partial charge in [-0.3, -0.25) is 14.5 Å². The monoisotopic (exact) mass is 411 g/mol. The van der Waals surface area contributed by atoms with Crippen LogP contribution in [0.2, 0.25) is 0 Å². The Hall–Kier alpha value is -2.58. The zero-order valence-electron chi connectivity index (χ0n) is 16.5. The number of fused-ring (bicyclic) bond motifs is 1. The van der Waals surface area contributed by atoms with Gasteiger partial charge in [0.2, 0.25) is 5.91 Å². The van der Waals surface area contributed by atoms with E-state index >= 15 is 0 Å². The zero-order valence-corrected chi connectivity index (χ0v) is 17.3. The number of nitrogens with zero attached hydrogens (tertiary/aromatic N) is 3. The highest BCUT2D eigenvalue weighted by Crippen LogP contribution is 2.24. The van der Waals surface area contributed by atoms with Gasteiger partial charge in [-0.2, -0.15) is 0 Å². The molecule has 3 heterocycles. The lowest BCUT2D eigenvalue weighted by Gasteiger charge is -2.32. The van der Waals surface area contributed by atoms with E-state index in [1.54, 1.807) is 0 Å². The van der Waals surface area contributed by atoms with Gasteiger partial charge < -0.3 is 10.3 Å². The van der Waals surface area contributed by atoms with E-state index < -0.39 is 0 Å². The van der Waals surface area contributed by atoms with Crippen LogP contribution in [0.4, 0.5) is 5.13 Å². The first kappa shape index (κ1) is 19.7. The van der Waals surface area contributed by atoms with Gasteiger partial charge in [0.15, 0.2) is 5.13 Å². The van der Waals surface area contributed by atoms with Crippen molar-refractivity contribution in [2.75, 3.05) is 11.9 Å². The number of aryl methyl sites for hydroxylation is 1. The summed E-state index contributed by atoms with van der Waals surface area (Å²) in [4.78, 5) is 39.6. The maximum atomic E-state index is 12.3. The van der Waals surface area contributed by atoms with Crippen LogP contribution in [0.25, 0.3) is 11.0 Å². The number of carbonyl (C=O) groups is 1. The molecule has 0 saturated carbocycles. The number of carbonyl (C=O) groups excluding carboxylic acids is 1. The van der Waals surface area contributed by atoms with Gasteiger partial charge in [0.1, 0.15) is 5.69 Å². The van der Waals surface area contributed by atoms with Crippen molar-refractivity contribution in [3.05, 3.63) is 51.4 Å². The number of para-hydroxylation sites is 2. The van der Waals surface area contributed by atoms with Crippen LogP contribution in [-0.4, -0.2) is 38.3 Å². The van der Waals surface area contributed by atoms with Gasteiger partial charge in [-0.1, -0.05) is 18.6 Å². The second-order valence-corrected chi connectivity index (χ2v) is 8.64. The number of benzene rings is 1. The molecule has 2 aromatic heterocycles. The molecule has 1 unspecified atom stereocenters. The summed E-state index contributed by atoms with van der Waals surface area (Å²) in [5.41, 5.74) is 1.55. The predicted octanol–water partition coefficient (Wildman–Crippen LogP) is 3.33. The summed E-state index contributed by atoms with van der Waals surface area (Å²) in [6.45, 7) is 4.27. The highest BCUT2D eigenvalue weighted by atomic mass is 32.1. The fourth-order valence-corrected chi connectivity index (χ4v) is 4.54. The highest BCUT2D eigenvalue weighted by Gasteiger charge is 2.19. The third-order valence-corrected chi connectivity index (χ3v) is 6.26. The smallest absolute Gasteiger partial charge is 0.270 e. The molecule has 1 atom stereocenters. The first-order valence-electron chi connectivity index (χ1n) is 10.0. The zero-order chi connectivity index (χ0) is 20.2. The van der Waals surface area contributed by atoms with Gasteiger partial charge in [-0.05, 0) is 38.4 Å². The van der Waals surface area contributed by atoms with Crippen molar-refractivity contribution in [2.45, 2.75) is 51.6 Å². The highest BCUT2D eigenvalue weighted by molar-refractivity contribution is 7.15. The number of aromatic amines is 1. The number of amides is 1. The molecule has 7 nitrogen and oxygen atoms in total. The van der Waals surface area contributed by atoms with Crippen LogP contribution in [0.1, 0.15) is 43.2 Å². The summed E-state index contributed by atoms with van der Waals surface area (Å²) < 4.78 is 0. The van der Waals surface area contributed by atoms with E-state index in [9.17, 15) is 9.59 Å². The molecule has 1 saturated heterocycles. The van der Waals surface area contributed by atoms with Crippen LogP contribution in [-0.2, 0) is 17.8 Å². The molecule has 1 amide bonds. The average Bonchev–Trinajstić information content (AvgIpc) is 3.15. The molecule has 0 spiro atoms.